The van der Waals surface area contributed by atoms with E-state index in [0.717, 1.165) is 27.6 Å². The van der Waals surface area contributed by atoms with Crippen molar-refractivity contribution in [2.75, 3.05) is 0 Å². The summed E-state index contributed by atoms with van der Waals surface area (Å²) in [6.07, 6.45) is 3.42. The van der Waals surface area contributed by atoms with Crippen molar-refractivity contribution in [3.63, 3.8) is 0 Å². The Morgan fingerprint density at radius 1 is 0.906 bits per heavy atom. The molecule has 1 aliphatic heterocycles. The number of carbonyl (C=O) groups is 1. The topological polar surface area (TPSA) is 69.4 Å². The second-order valence-corrected chi connectivity index (χ2v) is 7.88. The fourth-order valence-electron chi connectivity index (χ4n) is 4.47. The van der Waals surface area contributed by atoms with Crippen LogP contribution in [-0.2, 0) is 4.79 Å². The van der Waals surface area contributed by atoms with Gasteiger partial charge in [0.1, 0.15) is 17.6 Å². The second-order valence-electron chi connectivity index (χ2n) is 7.88. The highest BCUT2D eigenvalue weighted by molar-refractivity contribution is 5.90. The van der Waals surface area contributed by atoms with Crippen LogP contribution in [0.5, 0.6) is 5.75 Å². The van der Waals surface area contributed by atoms with Crippen molar-refractivity contribution >= 4 is 27.8 Å². The van der Waals surface area contributed by atoms with Crippen molar-refractivity contribution in [1.29, 1.82) is 0 Å². The van der Waals surface area contributed by atoms with Gasteiger partial charge in [0, 0.05) is 23.1 Å². The quantitative estimate of drug-likeness (QED) is 0.281. The lowest BCUT2D eigenvalue weighted by Gasteiger charge is -2.25. The van der Waals surface area contributed by atoms with Gasteiger partial charge in [-0.1, -0.05) is 42.5 Å². The first-order valence-electron chi connectivity index (χ1n) is 10.4. The number of ether oxygens (including phenoxy) is 1. The maximum absolute atomic E-state index is 13.3. The molecule has 6 rings (SSSR count). The lowest BCUT2D eigenvalue weighted by molar-refractivity contribution is -0.135. The molecule has 2 aromatic heterocycles. The largest absolute Gasteiger partial charge is 0.463 e. The Bertz CT molecular complexity index is 1570. The van der Waals surface area contributed by atoms with Gasteiger partial charge in [-0.15, -0.1) is 0 Å². The number of carbonyl (C=O) groups excluding carboxylic acids is 1. The average Bonchev–Trinajstić information content (AvgIpc) is 2.83. The van der Waals surface area contributed by atoms with Gasteiger partial charge in [-0.05, 0) is 41.5 Å². The standard InChI is InChI=1S/C27H17NO4/c29-24-14-20(17-8-10-22-18(13-17)7-4-12-28-22)25-23(32-24)11-9-19-26(30)21(15-31-27(19)25)16-5-2-1-3-6-16/h1-13,15,20H,14H2/t20-/m0/s1. The normalized spacial score (nSPS) is 15.5. The van der Waals surface area contributed by atoms with Gasteiger partial charge in [-0.25, -0.2) is 0 Å². The molecular weight excluding hydrogens is 402 g/mol. The maximum atomic E-state index is 13.3. The summed E-state index contributed by atoms with van der Waals surface area (Å²) in [6.45, 7) is 0. The van der Waals surface area contributed by atoms with Crippen LogP contribution < -0.4 is 10.2 Å². The molecule has 5 nitrogen and oxygen atoms in total. The molecule has 0 spiro atoms. The van der Waals surface area contributed by atoms with Crippen molar-refractivity contribution in [2.24, 2.45) is 0 Å². The minimum atomic E-state index is -0.309. The van der Waals surface area contributed by atoms with Crippen LogP contribution in [0.1, 0.15) is 23.5 Å². The summed E-state index contributed by atoms with van der Waals surface area (Å²) >= 11 is 0. The first kappa shape index (κ1) is 18.5. The van der Waals surface area contributed by atoms with E-state index in [2.05, 4.69) is 4.98 Å². The van der Waals surface area contributed by atoms with E-state index in [0.29, 0.717) is 22.3 Å². The SMILES string of the molecule is O=C1C[C@@H](c2ccc3ncccc3c2)c2c(ccc3c(=O)c(-c4ccccc4)coc23)O1. The van der Waals surface area contributed by atoms with Gasteiger partial charge < -0.3 is 9.15 Å². The predicted octanol–water partition coefficient (Wildman–Crippen LogP) is 5.45. The van der Waals surface area contributed by atoms with Crippen LogP contribution in [0.15, 0.2) is 94.5 Å². The third kappa shape index (κ3) is 2.90. The lowest BCUT2D eigenvalue weighted by atomic mass is 9.84. The van der Waals surface area contributed by atoms with Gasteiger partial charge >= 0.3 is 5.97 Å². The number of pyridine rings is 1. The van der Waals surface area contributed by atoms with Crippen molar-refractivity contribution < 1.29 is 13.9 Å². The Morgan fingerprint density at radius 2 is 1.78 bits per heavy atom. The third-order valence-electron chi connectivity index (χ3n) is 6.00. The summed E-state index contributed by atoms with van der Waals surface area (Å²) in [4.78, 5) is 30.1. The van der Waals surface area contributed by atoms with Crippen LogP contribution in [0.3, 0.4) is 0 Å². The molecule has 0 saturated carbocycles. The Kier molecular flexibility index (Phi) is 4.15. The molecule has 1 atom stereocenters. The Balaban J connectivity index is 1.58. The lowest BCUT2D eigenvalue weighted by Crippen LogP contribution is -2.22. The molecule has 0 aliphatic carbocycles. The van der Waals surface area contributed by atoms with Crippen LogP contribution in [-0.4, -0.2) is 11.0 Å². The summed E-state index contributed by atoms with van der Waals surface area (Å²) in [5.41, 5.74) is 4.19. The van der Waals surface area contributed by atoms with E-state index < -0.39 is 0 Å². The van der Waals surface area contributed by atoms with Gasteiger partial charge in [-0.2, -0.15) is 0 Å². The van der Waals surface area contributed by atoms with E-state index in [4.69, 9.17) is 9.15 Å². The monoisotopic (exact) mass is 419 g/mol. The zero-order valence-corrected chi connectivity index (χ0v) is 16.9. The number of benzene rings is 3. The smallest absolute Gasteiger partial charge is 0.312 e. The molecular formula is C27H17NO4. The second kappa shape index (κ2) is 7.17. The van der Waals surface area contributed by atoms with Crippen LogP contribution in [0, 0.1) is 0 Å². The number of hydrogen-bond acceptors (Lipinski definition) is 5. The summed E-state index contributed by atoms with van der Waals surface area (Å²) in [7, 11) is 0. The summed E-state index contributed by atoms with van der Waals surface area (Å²) in [5.74, 6) is -0.165. The molecule has 0 radical (unpaired) electrons. The van der Waals surface area contributed by atoms with Crippen LogP contribution in [0.2, 0.25) is 0 Å². The highest BCUT2D eigenvalue weighted by Gasteiger charge is 2.32. The Morgan fingerprint density at radius 3 is 2.66 bits per heavy atom. The number of rotatable bonds is 2. The molecule has 0 N–H and O–H groups in total. The molecule has 0 fully saturated rings. The van der Waals surface area contributed by atoms with Crippen LogP contribution in [0.4, 0.5) is 0 Å². The number of aromatic nitrogens is 1. The van der Waals surface area contributed by atoms with Crippen molar-refractivity contribution in [3.8, 4) is 16.9 Å². The first-order chi connectivity index (χ1) is 15.7. The van der Waals surface area contributed by atoms with E-state index in [1.54, 1.807) is 18.3 Å². The van der Waals surface area contributed by atoms with Crippen molar-refractivity contribution in [3.05, 3.63) is 107 Å². The molecule has 1 aliphatic rings. The fraction of sp³-hybridized carbons (Fsp3) is 0.0741. The molecule has 0 amide bonds. The molecule has 0 unspecified atom stereocenters. The van der Waals surface area contributed by atoms with E-state index in [1.165, 1.54) is 6.26 Å². The molecule has 5 aromatic rings. The minimum absolute atomic E-state index is 0.112. The van der Waals surface area contributed by atoms with Gasteiger partial charge in [0.2, 0.25) is 5.43 Å². The first-order valence-corrected chi connectivity index (χ1v) is 10.4. The number of esters is 1. The zero-order valence-electron chi connectivity index (χ0n) is 16.9. The van der Waals surface area contributed by atoms with E-state index in [9.17, 15) is 9.59 Å². The molecule has 0 bridgehead atoms. The third-order valence-corrected chi connectivity index (χ3v) is 6.00. The highest BCUT2D eigenvalue weighted by atomic mass is 16.5. The minimum Gasteiger partial charge on any atom is -0.463 e. The molecule has 32 heavy (non-hydrogen) atoms. The van der Waals surface area contributed by atoms with E-state index >= 15 is 0 Å². The summed E-state index contributed by atoms with van der Waals surface area (Å²) in [5, 5.41) is 1.45. The predicted molar refractivity (Wildman–Crippen MR) is 122 cm³/mol. The summed E-state index contributed by atoms with van der Waals surface area (Å²) < 4.78 is 11.6. The Hall–Kier alpha value is -4.25. The highest BCUT2D eigenvalue weighted by Crippen LogP contribution is 2.43. The molecule has 5 heteroatoms. The average molecular weight is 419 g/mol. The van der Waals surface area contributed by atoms with Gasteiger partial charge in [0.25, 0.3) is 0 Å². The van der Waals surface area contributed by atoms with Crippen LogP contribution >= 0.6 is 0 Å². The van der Waals surface area contributed by atoms with E-state index in [-0.39, 0.29) is 23.7 Å². The van der Waals surface area contributed by atoms with Crippen molar-refractivity contribution in [1.82, 2.24) is 4.98 Å². The van der Waals surface area contributed by atoms with Gasteiger partial charge in [0.15, 0.2) is 0 Å². The number of hydrogen-bond donors (Lipinski definition) is 0. The maximum Gasteiger partial charge on any atom is 0.312 e. The number of fused-ring (bicyclic) bond motifs is 4. The molecule has 154 valence electrons. The van der Waals surface area contributed by atoms with Gasteiger partial charge in [-0.3, -0.25) is 14.6 Å². The van der Waals surface area contributed by atoms with Gasteiger partial charge in [0.05, 0.1) is 22.9 Å². The fourth-order valence-corrected chi connectivity index (χ4v) is 4.47. The molecule has 3 heterocycles. The van der Waals surface area contributed by atoms with Crippen LogP contribution in [0.25, 0.3) is 33.0 Å². The Labute approximate surface area is 182 Å². The summed E-state index contributed by atoms with van der Waals surface area (Å²) in [6, 6.07) is 22.6. The number of nitrogens with zero attached hydrogens (tertiary/aromatic N) is 1. The zero-order chi connectivity index (χ0) is 21.7. The van der Waals surface area contributed by atoms with E-state index in [1.807, 2.05) is 60.7 Å². The molecule has 0 saturated heterocycles. The van der Waals surface area contributed by atoms with Crippen molar-refractivity contribution in [2.45, 2.75) is 12.3 Å². The molecule has 3 aromatic carbocycles.